The Morgan fingerprint density at radius 3 is 2.71 bits per heavy atom. The Bertz CT molecular complexity index is 1260. The van der Waals surface area contributed by atoms with E-state index in [1.807, 2.05) is 48.5 Å². The number of halogens is 2. The van der Waals surface area contributed by atoms with Gasteiger partial charge in [-0.15, -0.1) is 11.8 Å². The van der Waals surface area contributed by atoms with Crippen LogP contribution >= 0.6 is 23.4 Å². The zero-order valence-corrected chi connectivity index (χ0v) is 17.8. The molecule has 0 bridgehead atoms. The number of carbonyl (C=O) groups is 1. The van der Waals surface area contributed by atoms with E-state index in [9.17, 15) is 9.18 Å². The second-order valence-electron chi connectivity index (χ2n) is 7.02. The number of anilines is 1. The predicted molar refractivity (Wildman–Crippen MR) is 121 cm³/mol. The summed E-state index contributed by atoms with van der Waals surface area (Å²) in [7, 11) is 0. The molecule has 2 heterocycles. The van der Waals surface area contributed by atoms with Crippen molar-refractivity contribution in [2.75, 3.05) is 10.7 Å². The molecule has 1 N–H and O–H groups in total. The van der Waals surface area contributed by atoms with Crippen LogP contribution in [-0.2, 0) is 11.3 Å². The minimum atomic E-state index is -0.433. The normalized spacial score (nSPS) is 13.4. The Hall–Kier alpha value is -3.16. The molecule has 1 aliphatic heterocycles. The van der Waals surface area contributed by atoms with Crippen molar-refractivity contribution in [2.45, 2.75) is 11.4 Å². The molecular weight excluding hydrogens is 435 g/mol. The number of rotatable bonds is 4. The highest BCUT2D eigenvalue weighted by atomic mass is 35.5. The molecule has 0 aliphatic carbocycles. The number of amides is 1. The maximum Gasteiger partial charge on any atom is 0.237 e. The minimum Gasteiger partial charge on any atom is -0.306 e. The van der Waals surface area contributed by atoms with E-state index in [1.165, 1.54) is 17.8 Å². The quantitative estimate of drug-likeness (QED) is 0.441. The highest BCUT2D eigenvalue weighted by Crippen LogP contribution is 2.39. The molecule has 4 aromatic rings. The highest BCUT2D eigenvalue weighted by molar-refractivity contribution is 8.00. The summed E-state index contributed by atoms with van der Waals surface area (Å²) in [6.45, 7) is 0.0601. The fraction of sp³-hybridized carbons (Fsp3) is 0.0870. The van der Waals surface area contributed by atoms with Gasteiger partial charge in [0, 0.05) is 26.6 Å². The lowest BCUT2D eigenvalue weighted by Gasteiger charge is -2.29. The number of aromatic nitrogens is 3. The van der Waals surface area contributed by atoms with E-state index in [-0.39, 0.29) is 18.2 Å². The number of H-pyrrole nitrogens is 1. The van der Waals surface area contributed by atoms with Crippen LogP contribution in [0.15, 0.2) is 71.6 Å². The zero-order valence-electron chi connectivity index (χ0n) is 16.2. The van der Waals surface area contributed by atoms with Gasteiger partial charge in [0.1, 0.15) is 5.82 Å². The molecule has 1 aliphatic rings. The molecule has 0 atom stereocenters. The largest absolute Gasteiger partial charge is 0.306 e. The molecule has 5 nitrogen and oxygen atoms in total. The van der Waals surface area contributed by atoms with Gasteiger partial charge >= 0.3 is 0 Å². The van der Waals surface area contributed by atoms with E-state index < -0.39 is 5.82 Å². The second kappa shape index (κ2) is 8.17. The van der Waals surface area contributed by atoms with E-state index in [1.54, 1.807) is 17.0 Å². The van der Waals surface area contributed by atoms with Crippen molar-refractivity contribution in [1.29, 1.82) is 0 Å². The molecular formula is C23H16ClFN4OS. The third-order valence-electron chi connectivity index (χ3n) is 5.07. The van der Waals surface area contributed by atoms with Gasteiger partial charge < -0.3 is 4.90 Å². The molecule has 3 aromatic carbocycles. The summed E-state index contributed by atoms with van der Waals surface area (Å²) < 4.78 is 14.4. The van der Waals surface area contributed by atoms with Gasteiger partial charge in [0.25, 0.3) is 0 Å². The van der Waals surface area contributed by atoms with Gasteiger partial charge in [-0.2, -0.15) is 5.10 Å². The third kappa shape index (κ3) is 3.82. The Morgan fingerprint density at radius 2 is 1.90 bits per heavy atom. The van der Waals surface area contributed by atoms with E-state index in [4.69, 9.17) is 11.6 Å². The maximum absolute atomic E-state index is 14.4. The third-order valence-corrected chi connectivity index (χ3v) is 6.47. The van der Waals surface area contributed by atoms with Crippen LogP contribution in [0, 0.1) is 5.82 Å². The fourth-order valence-corrected chi connectivity index (χ4v) is 4.61. The van der Waals surface area contributed by atoms with Crippen LogP contribution in [0.3, 0.4) is 0 Å². The van der Waals surface area contributed by atoms with Gasteiger partial charge in [-0.25, -0.2) is 9.37 Å². The van der Waals surface area contributed by atoms with Gasteiger partial charge in [0.2, 0.25) is 5.91 Å². The summed E-state index contributed by atoms with van der Waals surface area (Å²) in [6.07, 6.45) is 0. The minimum absolute atomic E-state index is 0.0601. The van der Waals surface area contributed by atoms with Crippen molar-refractivity contribution in [3.05, 3.63) is 83.1 Å². The molecule has 0 saturated carbocycles. The number of nitrogens with one attached hydrogen (secondary N) is 1. The first kappa shape index (κ1) is 19.8. The number of hydrogen-bond donors (Lipinski definition) is 1. The number of carbonyl (C=O) groups excluding carboxylic acids is 1. The summed E-state index contributed by atoms with van der Waals surface area (Å²) in [6, 6.07) is 20.0. The Labute approximate surface area is 187 Å². The standard InChI is InChI=1S/C23H16ClFN4OS/c24-17-7-4-8-18(25)16(17)12-29-19-11-15(9-10-20(19)31-13-21(29)30)23-26-22(27-28-23)14-5-2-1-3-6-14/h1-11H,12-13H2,(H,26,27,28). The summed E-state index contributed by atoms with van der Waals surface area (Å²) in [5.41, 5.74) is 2.69. The number of hydrogen-bond acceptors (Lipinski definition) is 4. The smallest absolute Gasteiger partial charge is 0.237 e. The predicted octanol–water partition coefficient (Wildman–Crippen LogP) is 5.57. The van der Waals surface area contributed by atoms with E-state index in [0.717, 1.165) is 16.0 Å². The molecule has 1 aromatic heterocycles. The van der Waals surface area contributed by atoms with Crippen LogP contribution in [0.2, 0.25) is 5.02 Å². The summed E-state index contributed by atoms with van der Waals surface area (Å²) in [5, 5.41) is 7.60. The van der Waals surface area contributed by atoms with Crippen LogP contribution in [0.25, 0.3) is 22.8 Å². The maximum atomic E-state index is 14.4. The van der Waals surface area contributed by atoms with Crippen LogP contribution in [0.5, 0.6) is 0 Å². The highest BCUT2D eigenvalue weighted by Gasteiger charge is 2.27. The zero-order chi connectivity index (χ0) is 21.4. The molecule has 0 spiro atoms. The van der Waals surface area contributed by atoms with Crippen molar-refractivity contribution in [1.82, 2.24) is 15.2 Å². The van der Waals surface area contributed by atoms with Crippen LogP contribution in [0.4, 0.5) is 10.1 Å². The van der Waals surface area contributed by atoms with Crippen LogP contribution in [0.1, 0.15) is 5.56 Å². The summed E-state index contributed by atoms with van der Waals surface area (Å²) in [5.74, 6) is 0.936. The van der Waals surface area contributed by atoms with Gasteiger partial charge in [-0.3, -0.25) is 9.89 Å². The first-order valence-corrected chi connectivity index (χ1v) is 10.9. The van der Waals surface area contributed by atoms with E-state index in [2.05, 4.69) is 15.2 Å². The number of fused-ring (bicyclic) bond motifs is 1. The van der Waals surface area contributed by atoms with Crippen molar-refractivity contribution in [2.24, 2.45) is 0 Å². The molecule has 154 valence electrons. The van der Waals surface area contributed by atoms with Crippen molar-refractivity contribution < 1.29 is 9.18 Å². The SMILES string of the molecule is O=C1CSc2ccc(-c3n[nH]c(-c4ccccc4)n3)cc2N1Cc1c(F)cccc1Cl. The lowest BCUT2D eigenvalue weighted by atomic mass is 10.1. The monoisotopic (exact) mass is 450 g/mol. The summed E-state index contributed by atoms with van der Waals surface area (Å²) >= 11 is 7.66. The number of benzene rings is 3. The summed E-state index contributed by atoms with van der Waals surface area (Å²) in [4.78, 5) is 19.8. The van der Waals surface area contributed by atoms with Crippen molar-refractivity contribution in [3.8, 4) is 22.8 Å². The topological polar surface area (TPSA) is 61.9 Å². The first-order valence-electron chi connectivity index (χ1n) is 9.58. The molecule has 31 heavy (non-hydrogen) atoms. The molecule has 1 amide bonds. The fourth-order valence-electron chi connectivity index (χ4n) is 3.47. The molecule has 0 saturated heterocycles. The molecule has 8 heteroatoms. The lowest BCUT2D eigenvalue weighted by Crippen LogP contribution is -2.35. The first-order chi connectivity index (χ1) is 15.1. The molecule has 0 radical (unpaired) electrons. The molecule has 0 fully saturated rings. The van der Waals surface area contributed by atoms with Crippen LogP contribution in [-0.4, -0.2) is 26.8 Å². The average molecular weight is 451 g/mol. The van der Waals surface area contributed by atoms with Gasteiger partial charge in [0.05, 0.1) is 18.0 Å². The molecule has 0 unspecified atom stereocenters. The lowest BCUT2D eigenvalue weighted by molar-refractivity contribution is -0.116. The number of aromatic amines is 1. The van der Waals surface area contributed by atoms with E-state index >= 15 is 0 Å². The van der Waals surface area contributed by atoms with E-state index in [0.29, 0.717) is 27.9 Å². The van der Waals surface area contributed by atoms with Crippen molar-refractivity contribution >= 4 is 35.0 Å². The Kier molecular flexibility index (Phi) is 5.21. The van der Waals surface area contributed by atoms with Gasteiger partial charge in [0.15, 0.2) is 11.6 Å². The van der Waals surface area contributed by atoms with Gasteiger partial charge in [-0.05, 0) is 30.3 Å². The second-order valence-corrected chi connectivity index (χ2v) is 8.45. The Balaban J connectivity index is 1.52. The van der Waals surface area contributed by atoms with Crippen molar-refractivity contribution in [3.63, 3.8) is 0 Å². The van der Waals surface area contributed by atoms with Crippen LogP contribution < -0.4 is 4.90 Å². The number of thioether (sulfide) groups is 1. The Morgan fingerprint density at radius 1 is 1.06 bits per heavy atom. The molecule has 5 rings (SSSR count). The number of nitrogens with zero attached hydrogens (tertiary/aromatic N) is 3. The van der Waals surface area contributed by atoms with Gasteiger partial charge in [-0.1, -0.05) is 48.0 Å². The average Bonchev–Trinajstić information content (AvgIpc) is 3.28.